The Balaban J connectivity index is 2.85. The van der Waals surface area contributed by atoms with Crippen LogP contribution in [0.2, 0.25) is 0 Å². The lowest BCUT2D eigenvalue weighted by atomic mass is 10.1. The Morgan fingerprint density at radius 2 is 2.00 bits per heavy atom. The number of phenolic OH excluding ortho intramolecular Hbond substituents is 2. The van der Waals surface area contributed by atoms with E-state index in [4.69, 9.17) is 10.2 Å². The van der Waals surface area contributed by atoms with E-state index in [-0.39, 0.29) is 11.5 Å². The van der Waals surface area contributed by atoms with Gasteiger partial charge in [0, 0.05) is 0 Å². The van der Waals surface area contributed by atoms with E-state index in [0.717, 1.165) is 0 Å². The molecule has 0 saturated heterocycles. The van der Waals surface area contributed by atoms with Gasteiger partial charge in [0.05, 0.1) is 6.04 Å². The first-order valence-electron chi connectivity index (χ1n) is 4.00. The molecule has 1 unspecified atom stereocenters. The van der Waals surface area contributed by atoms with Crippen LogP contribution >= 0.6 is 0 Å². The fraction of sp³-hybridized carbons (Fsp3) is 0.222. The van der Waals surface area contributed by atoms with Crippen molar-refractivity contribution in [2.45, 2.75) is 13.0 Å². The first kappa shape index (κ1) is 10.2. The first-order valence-corrected chi connectivity index (χ1v) is 4.00. The third-order valence-electron chi connectivity index (χ3n) is 1.83. The summed E-state index contributed by atoms with van der Waals surface area (Å²) in [5, 5.41) is 30.5. The maximum Gasteiger partial charge on any atom is 0.451 e. The van der Waals surface area contributed by atoms with E-state index in [0.29, 0.717) is 5.56 Å². The lowest BCUT2D eigenvalue weighted by Gasteiger charge is -2.11. The fourth-order valence-electron chi connectivity index (χ4n) is 1.07. The number of hydrogen-bond donors (Lipinski definition) is 3. The SMILES string of the molecule is CC(NC([O])=O)c1ccc(O)c(O)c1. The molecule has 0 aliphatic carbocycles. The van der Waals surface area contributed by atoms with Crippen molar-refractivity contribution in [3.05, 3.63) is 23.8 Å². The Morgan fingerprint density at radius 1 is 1.36 bits per heavy atom. The second-order valence-corrected chi connectivity index (χ2v) is 2.90. The molecule has 0 spiro atoms. The predicted molar refractivity (Wildman–Crippen MR) is 47.4 cm³/mol. The van der Waals surface area contributed by atoms with Crippen LogP contribution < -0.4 is 5.32 Å². The van der Waals surface area contributed by atoms with Crippen LogP contribution in [0.1, 0.15) is 18.5 Å². The monoisotopic (exact) mass is 196 g/mol. The quantitative estimate of drug-likeness (QED) is 0.622. The van der Waals surface area contributed by atoms with Gasteiger partial charge in [-0.1, -0.05) is 6.07 Å². The number of nitrogens with one attached hydrogen (secondary N) is 1. The molecule has 75 valence electrons. The maximum atomic E-state index is 10.2. The molecule has 1 aromatic carbocycles. The minimum atomic E-state index is -1.38. The van der Waals surface area contributed by atoms with Gasteiger partial charge in [0.2, 0.25) is 0 Å². The summed E-state index contributed by atoms with van der Waals surface area (Å²) in [7, 11) is 0. The van der Waals surface area contributed by atoms with Crippen molar-refractivity contribution in [1.29, 1.82) is 0 Å². The van der Waals surface area contributed by atoms with Gasteiger partial charge in [-0.2, -0.15) is 0 Å². The Kier molecular flexibility index (Phi) is 2.81. The van der Waals surface area contributed by atoms with Crippen LogP contribution in [0.4, 0.5) is 4.79 Å². The number of aromatic hydroxyl groups is 2. The highest BCUT2D eigenvalue weighted by Crippen LogP contribution is 2.27. The van der Waals surface area contributed by atoms with E-state index in [1.165, 1.54) is 18.2 Å². The zero-order valence-electron chi connectivity index (χ0n) is 7.52. The van der Waals surface area contributed by atoms with Crippen molar-refractivity contribution in [1.82, 2.24) is 5.32 Å². The van der Waals surface area contributed by atoms with Gasteiger partial charge >= 0.3 is 6.09 Å². The zero-order valence-corrected chi connectivity index (χ0v) is 7.52. The van der Waals surface area contributed by atoms with E-state index in [1.807, 2.05) is 0 Å². The van der Waals surface area contributed by atoms with Gasteiger partial charge in [0.1, 0.15) is 0 Å². The van der Waals surface area contributed by atoms with Crippen molar-refractivity contribution >= 4 is 6.09 Å². The molecular formula is C9H10NO4. The summed E-state index contributed by atoms with van der Waals surface area (Å²) >= 11 is 0. The smallest absolute Gasteiger partial charge is 0.451 e. The van der Waals surface area contributed by atoms with Gasteiger partial charge in [-0.15, -0.1) is 0 Å². The summed E-state index contributed by atoms with van der Waals surface area (Å²) < 4.78 is 0. The highest BCUT2D eigenvalue weighted by molar-refractivity contribution is 5.64. The Morgan fingerprint density at radius 3 is 2.50 bits per heavy atom. The molecule has 5 heteroatoms. The summed E-state index contributed by atoms with van der Waals surface area (Å²) in [6.07, 6.45) is -1.38. The van der Waals surface area contributed by atoms with Crippen LogP contribution in [0.3, 0.4) is 0 Å². The molecule has 3 N–H and O–H groups in total. The van der Waals surface area contributed by atoms with E-state index >= 15 is 0 Å². The number of benzene rings is 1. The largest absolute Gasteiger partial charge is 0.504 e. The Labute approximate surface area is 80.6 Å². The molecule has 0 aromatic heterocycles. The number of amides is 1. The molecule has 1 amide bonds. The summed E-state index contributed by atoms with van der Waals surface area (Å²) in [6.45, 7) is 1.60. The minimum Gasteiger partial charge on any atom is -0.504 e. The Bertz CT molecular complexity index is 351. The molecule has 1 rings (SSSR count). The third-order valence-corrected chi connectivity index (χ3v) is 1.83. The summed E-state index contributed by atoms with van der Waals surface area (Å²) in [6, 6.07) is 3.59. The third kappa shape index (κ3) is 2.29. The molecule has 14 heavy (non-hydrogen) atoms. The number of phenols is 2. The van der Waals surface area contributed by atoms with Crippen LogP contribution in [0, 0.1) is 0 Å². The number of carbonyl (C=O) groups is 1. The fourth-order valence-corrected chi connectivity index (χ4v) is 1.07. The number of hydrogen-bond acceptors (Lipinski definition) is 3. The van der Waals surface area contributed by atoms with Gasteiger partial charge in [-0.3, -0.25) is 0 Å². The summed E-state index contributed by atoms with van der Waals surface area (Å²) in [5.41, 5.74) is 0.546. The lowest BCUT2D eigenvalue weighted by molar-refractivity contribution is 0.165. The van der Waals surface area contributed by atoms with E-state index in [9.17, 15) is 9.90 Å². The zero-order chi connectivity index (χ0) is 10.7. The molecule has 0 aliphatic rings. The van der Waals surface area contributed by atoms with Gasteiger partial charge in [0.25, 0.3) is 0 Å². The highest BCUT2D eigenvalue weighted by Gasteiger charge is 2.10. The topological polar surface area (TPSA) is 89.5 Å². The van der Waals surface area contributed by atoms with Crippen molar-refractivity contribution in [3.8, 4) is 11.5 Å². The van der Waals surface area contributed by atoms with Crippen LogP contribution in [0.5, 0.6) is 11.5 Å². The van der Waals surface area contributed by atoms with Crippen LogP contribution in [-0.2, 0) is 5.11 Å². The predicted octanol–water partition coefficient (Wildman–Crippen LogP) is 1.30. The molecule has 5 nitrogen and oxygen atoms in total. The Hall–Kier alpha value is -1.91. The van der Waals surface area contributed by atoms with Crippen LogP contribution in [0.15, 0.2) is 18.2 Å². The molecule has 0 fully saturated rings. The molecular weight excluding hydrogens is 186 g/mol. The second kappa shape index (κ2) is 3.87. The average Bonchev–Trinajstić information content (AvgIpc) is 2.08. The second-order valence-electron chi connectivity index (χ2n) is 2.90. The van der Waals surface area contributed by atoms with Crippen LogP contribution in [-0.4, -0.2) is 16.3 Å². The van der Waals surface area contributed by atoms with Gasteiger partial charge in [0.15, 0.2) is 11.5 Å². The standard InChI is InChI=1S/C9H10NO4/c1-5(10-9(13)14)6-2-3-7(11)8(12)4-6/h2-5,10-12H,1H3. The van der Waals surface area contributed by atoms with E-state index in [2.05, 4.69) is 5.32 Å². The summed E-state index contributed by atoms with van der Waals surface area (Å²) in [5.74, 6) is -0.524. The van der Waals surface area contributed by atoms with E-state index < -0.39 is 12.1 Å². The molecule has 0 heterocycles. The van der Waals surface area contributed by atoms with Crippen molar-refractivity contribution in [3.63, 3.8) is 0 Å². The lowest BCUT2D eigenvalue weighted by Crippen LogP contribution is -2.23. The average molecular weight is 196 g/mol. The minimum absolute atomic E-state index is 0.241. The molecule has 1 aromatic rings. The molecule has 0 saturated carbocycles. The van der Waals surface area contributed by atoms with Gasteiger partial charge < -0.3 is 15.5 Å². The first-order chi connectivity index (χ1) is 6.50. The normalized spacial score (nSPS) is 12.1. The van der Waals surface area contributed by atoms with Gasteiger partial charge in [-0.25, -0.2) is 9.90 Å². The number of carbonyl (C=O) groups excluding carboxylic acids is 1. The van der Waals surface area contributed by atoms with Crippen molar-refractivity contribution in [2.24, 2.45) is 0 Å². The maximum absolute atomic E-state index is 10.2. The molecule has 0 aliphatic heterocycles. The molecule has 0 bridgehead atoms. The van der Waals surface area contributed by atoms with Crippen molar-refractivity contribution < 1.29 is 20.1 Å². The van der Waals surface area contributed by atoms with E-state index in [1.54, 1.807) is 6.92 Å². The number of rotatable bonds is 2. The highest BCUT2D eigenvalue weighted by atomic mass is 16.4. The van der Waals surface area contributed by atoms with Crippen molar-refractivity contribution in [2.75, 3.05) is 0 Å². The molecule has 1 atom stereocenters. The van der Waals surface area contributed by atoms with Crippen LogP contribution in [0.25, 0.3) is 0 Å². The molecule has 1 radical (unpaired) electrons. The summed E-state index contributed by atoms with van der Waals surface area (Å²) in [4.78, 5) is 10.2. The van der Waals surface area contributed by atoms with Gasteiger partial charge in [-0.05, 0) is 24.6 Å².